The van der Waals surface area contributed by atoms with E-state index in [0.717, 1.165) is 40.4 Å². The molecule has 0 amide bonds. The molecule has 0 aliphatic carbocycles. The lowest BCUT2D eigenvalue weighted by atomic mass is 9.98. The largest absolute Gasteiger partial charge is 0.493 e. The number of methoxy groups -OCH3 is 5. The van der Waals surface area contributed by atoms with E-state index in [1.54, 1.807) is 41.6 Å². The van der Waals surface area contributed by atoms with E-state index in [2.05, 4.69) is 4.90 Å². The molecule has 0 atom stereocenters. The van der Waals surface area contributed by atoms with Crippen LogP contribution in [0.25, 0.3) is 49.3 Å². The van der Waals surface area contributed by atoms with Crippen molar-refractivity contribution in [2.75, 3.05) is 62.8 Å². The Kier molecular flexibility index (Phi) is 8.07. The van der Waals surface area contributed by atoms with Gasteiger partial charge in [-0.2, -0.15) is 0 Å². The molecule has 3 aromatic carbocycles. The van der Waals surface area contributed by atoms with Crippen molar-refractivity contribution in [1.82, 2.24) is 9.30 Å². The maximum atomic E-state index is 13.9. The van der Waals surface area contributed by atoms with Gasteiger partial charge in [0.15, 0.2) is 34.5 Å². The van der Waals surface area contributed by atoms with Crippen LogP contribution in [0.2, 0.25) is 0 Å². The van der Waals surface area contributed by atoms with Gasteiger partial charge >= 0.3 is 5.63 Å². The molecule has 6 aromatic rings. The summed E-state index contributed by atoms with van der Waals surface area (Å²) in [5.41, 5.74) is 2.71. The molecule has 6 rings (SSSR count). The van der Waals surface area contributed by atoms with Gasteiger partial charge in [-0.15, -0.1) is 0 Å². The Bertz CT molecular complexity index is 2110. The third-order valence-electron chi connectivity index (χ3n) is 8.03. The van der Waals surface area contributed by atoms with Gasteiger partial charge in [0.2, 0.25) is 0 Å². The SMILES string of the molecule is COc1ccc(-c2c3c4cc(OC)c(OCCCN(C)C)cc4oc(=O)c3n3ccc4cc(OC)c(OC)cc4c23)cc1OC. The zero-order chi connectivity index (χ0) is 31.8. The van der Waals surface area contributed by atoms with Gasteiger partial charge in [0.05, 0.1) is 47.7 Å². The van der Waals surface area contributed by atoms with Crippen LogP contribution in [-0.4, -0.2) is 72.1 Å². The summed E-state index contributed by atoms with van der Waals surface area (Å²) in [7, 11) is 12.0. The molecule has 45 heavy (non-hydrogen) atoms. The number of aromatic nitrogens is 1. The lowest BCUT2D eigenvalue weighted by Crippen LogP contribution is -2.15. The number of nitrogens with zero attached hydrogens (tertiary/aromatic N) is 2. The van der Waals surface area contributed by atoms with Crippen LogP contribution in [0.5, 0.6) is 34.5 Å². The molecule has 234 valence electrons. The van der Waals surface area contributed by atoms with E-state index in [4.69, 9.17) is 32.8 Å². The third-order valence-corrected chi connectivity index (χ3v) is 8.03. The highest BCUT2D eigenvalue weighted by Crippen LogP contribution is 2.46. The van der Waals surface area contributed by atoms with Crippen molar-refractivity contribution in [2.45, 2.75) is 6.42 Å². The fourth-order valence-corrected chi connectivity index (χ4v) is 5.94. The number of fused-ring (bicyclic) bond motifs is 7. The van der Waals surface area contributed by atoms with Crippen molar-refractivity contribution in [3.8, 4) is 45.6 Å². The van der Waals surface area contributed by atoms with Crippen LogP contribution in [-0.2, 0) is 0 Å². The molecule has 0 aliphatic heterocycles. The minimum Gasteiger partial charge on any atom is -0.493 e. The minimum atomic E-state index is -0.484. The number of rotatable bonds is 11. The second-order valence-electron chi connectivity index (χ2n) is 10.9. The van der Waals surface area contributed by atoms with E-state index in [0.29, 0.717) is 63.0 Å². The van der Waals surface area contributed by atoms with E-state index >= 15 is 0 Å². The molecule has 0 radical (unpaired) electrons. The zero-order valence-corrected chi connectivity index (χ0v) is 26.5. The van der Waals surface area contributed by atoms with E-state index in [1.807, 2.05) is 67.2 Å². The van der Waals surface area contributed by atoms with Gasteiger partial charge < -0.3 is 42.1 Å². The molecule has 0 N–H and O–H groups in total. The lowest BCUT2D eigenvalue weighted by molar-refractivity contribution is 0.268. The highest BCUT2D eigenvalue weighted by molar-refractivity contribution is 6.22. The molecule has 3 aromatic heterocycles. The standard InChI is InChI=1S/C35H36N2O8/c1-36(2)12-8-14-44-30-19-25-23(18-29(30)43-7)32-31(21-9-10-24(39-3)26(16-21)40-4)33-22-17-28(42-6)27(41-5)15-20(22)11-13-37(33)34(32)35(38)45-25/h9-11,13,15-19H,8,12,14H2,1-7H3. The smallest absolute Gasteiger partial charge is 0.361 e. The average Bonchev–Trinajstić information content (AvgIpc) is 3.41. The molecule has 10 heteroatoms. The number of hydrogen-bond acceptors (Lipinski definition) is 9. The molecule has 0 aliphatic rings. The second kappa shape index (κ2) is 12.1. The van der Waals surface area contributed by atoms with Crippen LogP contribution in [0.1, 0.15) is 6.42 Å². The minimum absolute atomic E-state index is 0.386. The maximum Gasteiger partial charge on any atom is 0.361 e. The average molecular weight is 613 g/mol. The Morgan fingerprint density at radius 3 is 2.04 bits per heavy atom. The van der Waals surface area contributed by atoms with Crippen LogP contribution < -0.4 is 34.0 Å². The monoisotopic (exact) mass is 612 g/mol. The first kappa shape index (κ1) is 30.0. The number of pyridine rings is 1. The van der Waals surface area contributed by atoms with Crippen molar-refractivity contribution >= 4 is 38.2 Å². The summed E-state index contributed by atoms with van der Waals surface area (Å²) in [6.07, 6.45) is 2.70. The van der Waals surface area contributed by atoms with Crippen molar-refractivity contribution in [2.24, 2.45) is 0 Å². The molecule has 0 saturated heterocycles. The molecule has 0 unspecified atom stereocenters. The lowest BCUT2D eigenvalue weighted by Gasteiger charge is -2.14. The maximum absolute atomic E-state index is 13.9. The summed E-state index contributed by atoms with van der Waals surface area (Å²) < 4.78 is 42.3. The van der Waals surface area contributed by atoms with Gasteiger partial charge in [-0.25, -0.2) is 4.79 Å². The summed E-state index contributed by atoms with van der Waals surface area (Å²) in [6.45, 7) is 1.36. The number of hydrogen-bond donors (Lipinski definition) is 0. The highest BCUT2D eigenvalue weighted by Gasteiger charge is 2.25. The van der Waals surface area contributed by atoms with E-state index in [9.17, 15) is 4.79 Å². The molecule has 0 spiro atoms. The predicted octanol–water partition coefficient (Wildman–Crippen LogP) is 6.39. The van der Waals surface area contributed by atoms with Crippen LogP contribution in [0.4, 0.5) is 0 Å². The molecule has 3 heterocycles. The fourth-order valence-electron chi connectivity index (χ4n) is 5.94. The van der Waals surface area contributed by atoms with E-state index in [-0.39, 0.29) is 0 Å². The third kappa shape index (κ3) is 5.10. The first-order valence-corrected chi connectivity index (χ1v) is 14.5. The topological polar surface area (TPSA) is 93.2 Å². The number of ether oxygens (including phenoxy) is 6. The highest BCUT2D eigenvalue weighted by atomic mass is 16.5. The molecular formula is C35H36N2O8. The van der Waals surface area contributed by atoms with Crippen molar-refractivity contribution in [1.29, 1.82) is 0 Å². The Labute approximate surface area is 260 Å². The molecule has 0 fully saturated rings. The Balaban J connectivity index is 1.74. The summed E-state index contributed by atoms with van der Waals surface area (Å²) in [5.74, 6) is 3.35. The van der Waals surface area contributed by atoms with Gasteiger partial charge in [0.25, 0.3) is 0 Å². The van der Waals surface area contributed by atoms with Crippen molar-refractivity contribution in [3.05, 3.63) is 65.1 Å². The molecular weight excluding hydrogens is 576 g/mol. The van der Waals surface area contributed by atoms with Crippen molar-refractivity contribution < 1.29 is 32.8 Å². The van der Waals surface area contributed by atoms with E-state index in [1.165, 1.54) is 0 Å². The molecule has 0 bridgehead atoms. The van der Waals surface area contributed by atoms with Gasteiger partial charge in [-0.3, -0.25) is 0 Å². The predicted molar refractivity (Wildman–Crippen MR) is 175 cm³/mol. The first-order chi connectivity index (χ1) is 21.8. The molecule has 0 saturated carbocycles. The fraction of sp³-hybridized carbons (Fsp3) is 0.286. The molecule has 10 nitrogen and oxygen atoms in total. The van der Waals surface area contributed by atoms with E-state index < -0.39 is 5.63 Å². The normalized spacial score (nSPS) is 11.6. The second-order valence-corrected chi connectivity index (χ2v) is 10.9. The van der Waals surface area contributed by atoms with Crippen molar-refractivity contribution in [3.63, 3.8) is 0 Å². The van der Waals surface area contributed by atoms with Crippen LogP contribution in [0.15, 0.2) is 63.9 Å². The van der Waals surface area contributed by atoms with Gasteiger partial charge in [-0.1, -0.05) is 6.07 Å². The Morgan fingerprint density at radius 1 is 0.711 bits per heavy atom. The van der Waals surface area contributed by atoms with Crippen LogP contribution in [0, 0.1) is 0 Å². The van der Waals surface area contributed by atoms with Gasteiger partial charge in [0.1, 0.15) is 11.1 Å². The van der Waals surface area contributed by atoms with Crippen LogP contribution >= 0.6 is 0 Å². The van der Waals surface area contributed by atoms with Gasteiger partial charge in [0, 0.05) is 40.5 Å². The Morgan fingerprint density at radius 2 is 1.36 bits per heavy atom. The summed E-state index contributed by atoms with van der Waals surface area (Å²) in [6, 6.07) is 15.1. The first-order valence-electron chi connectivity index (χ1n) is 14.5. The van der Waals surface area contributed by atoms with Gasteiger partial charge in [-0.05, 0) is 67.9 Å². The quantitative estimate of drug-likeness (QED) is 0.122. The Hall–Kier alpha value is -5.09. The zero-order valence-electron chi connectivity index (χ0n) is 26.5. The summed E-state index contributed by atoms with van der Waals surface area (Å²) in [4.78, 5) is 16.0. The number of benzene rings is 3. The summed E-state index contributed by atoms with van der Waals surface area (Å²) >= 11 is 0. The summed E-state index contributed by atoms with van der Waals surface area (Å²) in [5, 5.41) is 3.17. The van der Waals surface area contributed by atoms with Crippen LogP contribution in [0.3, 0.4) is 0 Å².